The first-order valence-electron chi connectivity index (χ1n) is 8.70. The number of hydrogen-bond acceptors (Lipinski definition) is 5. The van der Waals surface area contributed by atoms with Gasteiger partial charge in [-0.25, -0.2) is 0 Å². The predicted molar refractivity (Wildman–Crippen MR) is 103 cm³/mol. The molecule has 142 valence electrons. The van der Waals surface area contributed by atoms with Gasteiger partial charge in [-0.15, -0.1) is 11.3 Å². The van der Waals surface area contributed by atoms with Gasteiger partial charge in [-0.1, -0.05) is 24.3 Å². The smallest absolute Gasteiger partial charge is 0.317 e. The van der Waals surface area contributed by atoms with Gasteiger partial charge in [-0.05, 0) is 36.9 Å². The second kappa shape index (κ2) is 7.62. The van der Waals surface area contributed by atoms with Gasteiger partial charge in [-0.2, -0.15) is 0 Å². The lowest BCUT2D eigenvalue weighted by atomic mass is 9.91. The van der Waals surface area contributed by atoms with Crippen LogP contribution in [0.2, 0.25) is 0 Å². The quantitative estimate of drug-likeness (QED) is 0.729. The number of carboxylic acid groups (broad SMARTS) is 1. The molecule has 0 saturated carbocycles. The van der Waals surface area contributed by atoms with E-state index >= 15 is 0 Å². The maximum Gasteiger partial charge on any atom is 0.317 e. The molecule has 2 heterocycles. The largest absolute Gasteiger partial charge is 0.480 e. The molecule has 0 bridgehead atoms. The number of hydrogen-bond donors (Lipinski definition) is 2. The molecular weight excluding hydrogens is 364 g/mol. The standard InChI is InChI=1S/C20H22N2O4S/c1-20(2,21-11-17(24)25)10-16(23)18-14-7-3-4-8-15(14)19(26)22(18)12-13-6-5-9-27-13/h3-9,18,21H,10-12H2,1-2H3,(H,24,25). The summed E-state index contributed by atoms with van der Waals surface area (Å²) in [4.78, 5) is 39.5. The summed E-state index contributed by atoms with van der Waals surface area (Å²) in [5, 5.41) is 13.7. The van der Waals surface area contributed by atoms with Gasteiger partial charge in [0.25, 0.3) is 5.91 Å². The number of ketones is 1. The van der Waals surface area contributed by atoms with Gasteiger partial charge in [0.05, 0.1) is 13.1 Å². The van der Waals surface area contributed by atoms with Crippen LogP contribution >= 0.6 is 11.3 Å². The molecular formula is C20H22N2O4S. The summed E-state index contributed by atoms with van der Waals surface area (Å²) in [6.07, 6.45) is 0.119. The molecule has 1 aliphatic heterocycles. The molecule has 0 aliphatic carbocycles. The topological polar surface area (TPSA) is 86.7 Å². The first-order valence-corrected chi connectivity index (χ1v) is 9.58. The van der Waals surface area contributed by atoms with E-state index < -0.39 is 17.6 Å². The van der Waals surface area contributed by atoms with Crippen LogP contribution in [0.1, 0.15) is 47.1 Å². The van der Waals surface area contributed by atoms with Crippen LogP contribution in [0.15, 0.2) is 41.8 Å². The zero-order valence-electron chi connectivity index (χ0n) is 15.3. The molecule has 1 atom stereocenters. The van der Waals surface area contributed by atoms with E-state index in [-0.39, 0.29) is 24.7 Å². The molecule has 0 saturated heterocycles. The first kappa shape index (κ1) is 19.3. The summed E-state index contributed by atoms with van der Waals surface area (Å²) >= 11 is 1.55. The fourth-order valence-electron chi connectivity index (χ4n) is 3.36. The monoisotopic (exact) mass is 386 g/mol. The second-order valence-electron chi connectivity index (χ2n) is 7.28. The molecule has 0 fully saturated rings. The van der Waals surface area contributed by atoms with Crippen molar-refractivity contribution in [2.75, 3.05) is 6.54 Å². The summed E-state index contributed by atoms with van der Waals surface area (Å²) in [6.45, 7) is 3.74. The zero-order chi connectivity index (χ0) is 19.6. The van der Waals surface area contributed by atoms with E-state index in [0.29, 0.717) is 12.1 Å². The molecule has 2 aromatic rings. The van der Waals surface area contributed by atoms with Crippen LogP contribution in [0.4, 0.5) is 0 Å². The number of thiophene rings is 1. The maximum absolute atomic E-state index is 13.2. The number of carbonyl (C=O) groups is 3. The van der Waals surface area contributed by atoms with Crippen LogP contribution in [0.3, 0.4) is 0 Å². The number of Topliss-reactive ketones (excluding diaryl/α,β-unsaturated/α-hetero) is 1. The Hall–Kier alpha value is -2.51. The normalized spacial score (nSPS) is 16.4. The van der Waals surface area contributed by atoms with Gasteiger partial charge in [0.1, 0.15) is 6.04 Å². The molecule has 27 heavy (non-hydrogen) atoms. The number of carboxylic acids is 1. The lowest BCUT2D eigenvalue weighted by Crippen LogP contribution is -2.45. The Bertz CT molecular complexity index is 861. The molecule has 1 aliphatic rings. The van der Waals surface area contributed by atoms with Crippen LogP contribution in [0.25, 0.3) is 0 Å². The third kappa shape index (κ3) is 4.26. The molecule has 3 rings (SSSR count). The number of rotatable bonds is 8. The van der Waals surface area contributed by atoms with Crippen molar-refractivity contribution in [2.45, 2.75) is 38.4 Å². The summed E-state index contributed by atoms with van der Waals surface area (Å²) in [6, 6.07) is 10.4. The van der Waals surface area contributed by atoms with E-state index in [1.165, 1.54) is 0 Å². The number of benzene rings is 1. The SMILES string of the molecule is CC(C)(CC(=O)C1c2ccccc2C(=O)N1Cc1cccs1)NCC(=O)O. The molecule has 0 radical (unpaired) electrons. The average molecular weight is 386 g/mol. The van der Waals surface area contributed by atoms with Crippen molar-refractivity contribution in [3.8, 4) is 0 Å². The number of fused-ring (bicyclic) bond motifs is 1. The zero-order valence-corrected chi connectivity index (χ0v) is 16.1. The van der Waals surface area contributed by atoms with Crippen LogP contribution in [-0.4, -0.2) is 39.7 Å². The van der Waals surface area contributed by atoms with Crippen molar-refractivity contribution >= 4 is 29.0 Å². The number of amides is 1. The summed E-state index contributed by atoms with van der Waals surface area (Å²) in [7, 11) is 0. The van der Waals surface area contributed by atoms with Crippen molar-refractivity contribution in [3.63, 3.8) is 0 Å². The van der Waals surface area contributed by atoms with Crippen LogP contribution in [0, 0.1) is 0 Å². The Labute approximate surface area is 161 Å². The van der Waals surface area contributed by atoms with Crippen LogP contribution < -0.4 is 5.32 Å². The van der Waals surface area contributed by atoms with Gasteiger partial charge in [0, 0.05) is 22.4 Å². The highest BCUT2D eigenvalue weighted by Crippen LogP contribution is 2.37. The molecule has 1 aromatic carbocycles. The number of carbonyl (C=O) groups excluding carboxylic acids is 2. The highest BCUT2D eigenvalue weighted by atomic mass is 32.1. The van der Waals surface area contributed by atoms with Crippen molar-refractivity contribution < 1.29 is 19.5 Å². The fraction of sp³-hybridized carbons (Fsp3) is 0.350. The average Bonchev–Trinajstić information content (AvgIpc) is 3.21. The predicted octanol–water partition coefficient (Wildman–Crippen LogP) is 2.86. The Kier molecular flexibility index (Phi) is 5.43. The number of aliphatic carboxylic acids is 1. The molecule has 1 unspecified atom stereocenters. The van der Waals surface area contributed by atoms with Crippen molar-refractivity contribution in [1.29, 1.82) is 0 Å². The Morgan fingerprint density at radius 3 is 2.63 bits per heavy atom. The van der Waals surface area contributed by atoms with E-state index in [2.05, 4.69) is 5.32 Å². The molecule has 2 N–H and O–H groups in total. The van der Waals surface area contributed by atoms with Gasteiger partial charge in [0.15, 0.2) is 5.78 Å². The van der Waals surface area contributed by atoms with Gasteiger partial charge in [0.2, 0.25) is 0 Å². The summed E-state index contributed by atoms with van der Waals surface area (Å²) in [5.74, 6) is -1.22. The third-order valence-electron chi connectivity index (χ3n) is 4.60. The molecule has 6 nitrogen and oxygen atoms in total. The van der Waals surface area contributed by atoms with Crippen LogP contribution in [0.5, 0.6) is 0 Å². The summed E-state index contributed by atoms with van der Waals surface area (Å²) < 4.78 is 0. The van der Waals surface area contributed by atoms with E-state index in [0.717, 1.165) is 10.4 Å². The minimum absolute atomic E-state index is 0.104. The lowest BCUT2D eigenvalue weighted by Gasteiger charge is -2.29. The highest BCUT2D eigenvalue weighted by Gasteiger charge is 2.42. The van der Waals surface area contributed by atoms with Gasteiger partial charge < -0.3 is 15.3 Å². The Balaban J connectivity index is 1.85. The highest BCUT2D eigenvalue weighted by molar-refractivity contribution is 7.09. The van der Waals surface area contributed by atoms with Gasteiger partial charge in [-0.3, -0.25) is 14.4 Å². The Morgan fingerprint density at radius 1 is 1.22 bits per heavy atom. The molecule has 1 aromatic heterocycles. The minimum Gasteiger partial charge on any atom is -0.480 e. The van der Waals surface area contributed by atoms with Crippen molar-refractivity contribution in [3.05, 3.63) is 57.8 Å². The van der Waals surface area contributed by atoms with E-state index in [9.17, 15) is 14.4 Å². The first-order chi connectivity index (χ1) is 12.8. The second-order valence-corrected chi connectivity index (χ2v) is 8.31. The third-order valence-corrected chi connectivity index (χ3v) is 5.47. The fourth-order valence-corrected chi connectivity index (χ4v) is 4.06. The molecule has 1 amide bonds. The van der Waals surface area contributed by atoms with Gasteiger partial charge >= 0.3 is 5.97 Å². The maximum atomic E-state index is 13.2. The summed E-state index contributed by atoms with van der Waals surface area (Å²) in [5.41, 5.74) is 0.590. The van der Waals surface area contributed by atoms with Crippen LogP contribution in [-0.2, 0) is 16.1 Å². The van der Waals surface area contributed by atoms with Crippen molar-refractivity contribution in [1.82, 2.24) is 10.2 Å². The Morgan fingerprint density at radius 2 is 1.96 bits per heavy atom. The minimum atomic E-state index is -0.976. The number of nitrogens with one attached hydrogen (secondary N) is 1. The number of nitrogens with zero attached hydrogens (tertiary/aromatic N) is 1. The molecule has 7 heteroatoms. The van der Waals surface area contributed by atoms with E-state index in [1.807, 2.05) is 29.6 Å². The molecule has 0 spiro atoms. The van der Waals surface area contributed by atoms with E-state index in [1.54, 1.807) is 42.2 Å². The van der Waals surface area contributed by atoms with E-state index in [4.69, 9.17) is 5.11 Å². The lowest BCUT2D eigenvalue weighted by molar-refractivity contribution is -0.136. The van der Waals surface area contributed by atoms with Crippen molar-refractivity contribution in [2.24, 2.45) is 0 Å².